The minimum absolute atomic E-state index is 0.630. The molecule has 0 atom stereocenters. The van der Waals surface area contributed by atoms with Crippen molar-refractivity contribution in [1.29, 1.82) is 0 Å². The molecule has 0 spiro atoms. The van der Waals surface area contributed by atoms with Crippen molar-refractivity contribution in [2.45, 2.75) is 6.42 Å². The summed E-state index contributed by atoms with van der Waals surface area (Å²) in [6.45, 7) is 0.762. The van der Waals surface area contributed by atoms with Crippen molar-refractivity contribution in [3.63, 3.8) is 0 Å². The average Bonchev–Trinajstić information content (AvgIpc) is 2.87. The van der Waals surface area contributed by atoms with Crippen LogP contribution < -0.4 is 5.32 Å². The number of nitrogens with zero attached hydrogens (tertiary/aromatic N) is 6. The summed E-state index contributed by atoms with van der Waals surface area (Å²) in [6.07, 6.45) is 2.64. The maximum atomic E-state index is 4.25. The molecule has 0 saturated carbocycles. The second-order valence-electron chi connectivity index (χ2n) is 3.74. The summed E-state index contributed by atoms with van der Waals surface area (Å²) >= 11 is 0. The summed E-state index contributed by atoms with van der Waals surface area (Å²) in [5, 5.41) is 18.5. The smallest absolute Gasteiger partial charge is 0.200 e. The fraction of sp³-hybridized carbons (Fsp3) is 0.182. The molecule has 0 aliphatic carbocycles. The summed E-state index contributed by atoms with van der Waals surface area (Å²) in [7, 11) is 0. The molecule has 18 heavy (non-hydrogen) atoms. The highest BCUT2D eigenvalue weighted by Gasteiger charge is 2.00. The number of aromatic nitrogens is 6. The van der Waals surface area contributed by atoms with Crippen LogP contribution in [-0.2, 0) is 6.42 Å². The number of tetrazole rings is 1. The third kappa shape index (κ3) is 2.24. The Morgan fingerprint density at radius 3 is 3.06 bits per heavy atom. The van der Waals surface area contributed by atoms with Crippen molar-refractivity contribution in [3.05, 3.63) is 42.2 Å². The van der Waals surface area contributed by atoms with Crippen LogP contribution in [0.3, 0.4) is 0 Å². The zero-order valence-electron chi connectivity index (χ0n) is 9.56. The first-order valence-electron chi connectivity index (χ1n) is 5.61. The standard InChI is InChI=1S/C11H11N7/c1-2-7-12-9(3-1)6-8-13-10-4-5-11-14-16-17-18(11)15-10/h1-5,7H,6,8H2,(H,13,15). The maximum absolute atomic E-state index is 4.25. The largest absolute Gasteiger partial charge is 0.368 e. The topological polar surface area (TPSA) is 80.9 Å². The molecular formula is C11H11N7. The van der Waals surface area contributed by atoms with Crippen molar-refractivity contribution in [3.8, 4) is 0 Å². The lowest BCUT2D eigenvalue weighted by Gasteiger charge is -2.04. The molecule has 90 valence electrons. The van der Waals surface area contributed by atoms with Gasteiger partial charge in [0.25, 0.3) is 0 Å². The van der Waals surface area contributed by atoms with E-state index in [9.17, 15) is 0 Å². The van der Waals surface area contributed by atoms with E-state index in [1.54, 1.807) is 6.20 Å². The van der Waals surface area contributed by atoms with Gasteiger partial charge in [0.2, 0.25) is 0 Å². The van der Waals surface area contributed by atoms with Crippen molar-refractivity contribution in [2.75, 3.05) is 11.9 Å². The van der Waals surface area contributed by atoms with Gasteiger partial charge in [-0.1, -0.05) is 6.07 Å². The molecular weight excluding hydrogens is 230 g/mol. The Morgan fingerprint density at radius 2 is 2.17 bits per heavy atom. The minimum atomic E-state index is 0.630. The fourth-order valence-corrected chi connectivity index (χ4v) is 1.61. The van der Waals surface area contributed by atoms with E-state index in [0.29, 0.717) is 5.65 Å². The lowest BCUT2D eigenvalue weighted by atomic mass is 10.3. The highest BCUT2D eigenvalue weighted by molar-refractivity contribution is 5.42. The Kier molecular flexibility index (Phi) is 2.79. The Bertz CT molecular complexity index is 634. The van der Waals surface area contributed by atoms with Crippen LogP contribution in [0.4, 0.5) is 5.82 Å². The third-order valence-corrected chi connectivity index (χ3v) is 2.48. The molecule has 0 aromatic carbocycles. The third-order valence-electron chi connectivity index (χ3n) is 2.48. The number of rotatable bonds is 4. The van der Waals surface area contributed by atoms with E-state index < -0.39 is 0 Å². The Balaban J connectivity index is 1.62. The van der Waals surface area contributed by atoms with Crippen LogP contribution in [0.2, 0.25) is 0 Å². The zero-order valence-corrected chi connectivity index (χ0v) is 9.56. The quantitative estimate of drug-likeness (QED) is 0.719. The van der Waals surface area contributed by atoms with Gasteiger partial charge in [-0.25, -0.2) is 0 Å². The Labute approximate surface area is 103 Å². The summed E-state index contributed by atoms with van der Waals surface area (Å²) in [5.41, 5.74) is 1.68. The number of anilines is 1. The van der Waals surface area contributed by atoms with Crippen molar-refractivity contribution in [1.82, 2.24) is 30.2 Å². The molecule has 7 nitrogen and oxygen atoms in total. The van der Waals surface area contributed by atoms with E-state index in [4.69, 9.17) is 0 Å². The molecule has 0 fully saturated rings. The predicted octanol–water partition coefficient (Wildman–Crippen LogP) is 0.569. The van der Waals surface area contributed by atoms with E-state index >= 15 is 0 Å². The first-order valence-corrected chi connectivity index (χ1v) is 5.61. The Morgan fingerprint density at radius 1 is 1.17 bits per heavy atom. The summed E-state index contributed by atoms with van der Waals surface area (Å²) in [4.78, 5) is 4.25. The van der Waals surface area contributed by atoms with Gasteiger partial charge in [-0.2, -0.15) is 0 Å². The molecule has 3 aromatic heterocycles. The molecule has 3 aromatic rings. The SMILES string of the molecule is c1ccc(CCNc2ccc3nnnn3n2)nc1. The van der Waals surface area contributed by atoms with Gasteiger partial charge < -0.3 is 5.32 Å². The lowest BCUT2D eigenvalue weighted by molar-refractivity contribution is 0.733. The van der Waals surface area contributed by atoms with Crippen LogP contribution in [0, 0.1) is 0 Å². The second-order valence-corrected chi connectivity index (χ2v) is 3.74. The predicted molar refractivity (Wildman–Crippen MR) is 65.0 cm³/mol. The van der Waals surface area contributed by atoms with E-state index in [1.807, 2.05) is 30.3 Å². The van der Waals surface area contributed by atoms with Crippen LogP contribution >= 0.6 is 0 Å². The Hall–Kier alpha value is -2.57. The highest BCUT2D eigenvalue weighted by atomic mass is 15.6. The van der Waals surface area contributed by atoms with E-state index in [0.717, 1.165) is 24.5 Å². The molecule has 3 heterocycles. The van der Waals surface area contributed by atoms with Crippen molar-refractivity contribution in [2.24, 2.45) is 0 Å². The van der Waals surface area contributed by atoms with Crippen molar-refractivity contribution < 1.29 is 0 Å². The zero-order chi connectivity index (χ0) is 12.2. The number of fused-ring (bicyclic) bond motifs is 1. The molecule has 3 rings (SSSR count). The molecule has 1 N–H and O–H groups in total. The van der Waals surface area contributed by atoms with Gasteiger partial charge in [-0.05, 0) is 34.7 Å². The van der Waals surface area contributed by atoms with Gasteiger partial charge in [-0.3, -0.25) is 4.98 Å². The van der Waals surface area contributed by atoms with E-state index in [-0.39, 0.29) is 0 Å². The summed E-state index contributed by atoms with van der Waals surface area (Å²) in [5.74, 6) is 0.741. The fourth-order valence-electron chi connectivity index (χ4n) is 1.61. The number of nitrogens with one attached hydrogen (secondary N) is 1. The molecule has 0 unspecified atom stereocenters. The lowest BCUT2D eigenvalue weighted by Crippen LogP contribution is -2.09. The van der Waals surface area contributed by atoms with Gasteiger partial charge in [-0.15, -0.1) is 14.8 Å². The van der Waals surface area contributed by atoms with Crippen LogP contribution in [0.15, 0.2) is 36.5 Å². The van der Waals surface area contributed by atoms with Crippen LogP contribution in [0.25, 0.3) is 5.65 Å². The molecule has 0 radical (unpaired) electrons. The highest BCUT2D eigenvalue weighted by Crippen LogP contribution is 2.03. The van der Waals surface area contributed by atoms with Gasteiger partial charge in [0.1, 0.15) is 5.82 Å². The molecule has 0 aliphatic rings. The molecule has 7 heteroatoms. The van der Waals surface area contributed by atoms with E-state index in [2.05, 4.69) is 30.9 Å². The van der Waals surface area contributed by atoms with Crippen LogP contribution in [0.1, 0.15) is 5.69 Å². The van der Waals surface area contributed by atoms with E-state index in [1.165, 1.54) is 4.63 Å². The molecule has 0 aliphatic heterocycles. The first kappa shape index (κ1) is 10.6. The number of hydrogen-bond donors (Lipinski definition) is 1. The maximum Gasteiger partial charge on any atom is 0.200 e. The molecule has 0 bridgehead atoms. The summed E-state index contributed by atoms with van der Waals surface area (Å²) in [6, 6.07) is 9.55. The monoisotopic (exact) mass is 241 g/mol. The number of pyridine rings is 1. The van der Waals surface area contributed by atoms with Crippen molar-refractivity contribution >= 4 is 11.5 Å². The van der Waals surface area contributed by atoms with Crippen LogP contribution in [-0.4, -0.2) is 36.8 Å². The normalized spacial score (nSPS) is 10.7. The van der Waals surface area contributed by atoms with Gasteiger partial charge in [0, 0.05) is 24.9 Å². The minimum Gasteiger partial charge on any atom is -0.368 e. The summed E-state index contributed by atoms with van der Waals surface area (Å²) < 4.78 is 1.39. The first-order chi connectivity index (χ1) is 8.92. The van der Waals surface area contributed by atoms with Gasteiger partial charge >= 0.3 is 0 Å². The molecule has 0 saturated heterocycles. The van der Waals surface area contributed by atoms with Crippen LogP contribution in [0.5, 0.6) is 0 Å². The molecule has 0 amide bonds. The second kappa shape index (κ2) is 4.74. The van der Waals surface area contributed by atoms with Gasteiger partial charge in [0.15, 0.2) is 5.65 Å². The average molecular weight is 241 g/mol. The van der Waals surface area contributed by atoms with Gasteiger partial charge in [0.05, 0.1) is 0 Å². The number of hydrogen-bond acceptors (Lipinski definition) is 6.